The van der Waals surface area contributed by atoms with Gasteiger partial charge in [0.05, 0.1) is 6.61 Å². The molecule has 0 heterocycles. The zero-order chi connectivity index (χ0) is 5.70. The summed E-state index contributed by atoms with van der Waals surface area (Å²) >= 11 is 0. The first kappa shape index (κ1) is 16.2. The van der Waals surface area contributed by atoms with Crippen molar-refractivity contribution in [3.05, 3.63) is 0 Å². The van der Waals surface area contributed by atoms with E-state index in [1.807, 2.05) is 6.92 Å². The van der Waals surface area contributed by atoms with E-state index in [-0.39, 0.29) is 30.9 Å². The highest BCUT2D eigenvalue weighted by molar-refractivity contribution is 5.85. The summed E-state index contributed by atoms with van der Waals surface area (Å²) in [6.07, 6.45) is 0.830. The highest BCUT2D eigenvalue weighted by Gasteiger charge is 1.89. The van der Waals surface area contributed by atoms with Gasteiger partial charge >= 0.3 is 0 Å². The number of hydrogen-bond donors (Lipinski definition) is 2. The Morgan fingerprint density at radius 3 is 2.00 bits per heavy atom. The molecule has 0 radical (unpaired) electrons. The molecule has 0 saturated heterocycles. The van der Waals surface area contributed by atoms with Crippen molar-refractivity contribution < 1.29 is 4.84 Å². The standard InChI is InChI=1S/C4H12N2O.2ClH/c1-4(5)2-3-7-6;;/h4H,2-3,5-6H2,1H3;2*1H/t4-;;/m1../s1. The van der Waals surface area contributed by atoms with Crippen molar-refractivity contribution in [2.75, 3.05) is 6.61 Å². The topological polar surface area (TPSA) is 61.3 Å². The summed E-state index contributed by atoms with van der Waals surface area (Å²) in [5.74, 6) is 4.72. The minimum Gasteiger partial charge on any atom is -0.328 e. The van der Waals surface area contributed by atoms with Crippen LogP contribution in [0.5, 0.6) is 0 Å². The lowest BCUT2D eigenvalue weighted by Crippen LogP contribution is -2.18. The van der Waals surface area contributed by atoms with E-state index in [2.05, 4.69) is 4.84 Å². The normalized spacial score (nSPS) is 11.0. The van der Waals surface area contributed by atoms with Gasteiger partial charge in [0.2, 0.25) is 0 Å². The highest BCUT2D eigenvalue weighted by Crippen LogP contribution is 1.82. The quantitative estimate of drug-likeness (QED) is 0.615. The Bertz CT molecular complexity index is 45.5. The van der Waals surface area contributed by atoms with Gasteiger partial charge in [-0.25, -0.2) is 5.90 Å². The van der Waals surface area contributed by atoms with Crippen LogP contribution < -0.4 is 11.6 Å². The van der Waals surface area contributed by atoms with Crippen molar-refractivity contribution in [3.8, 4) is 0 Å². The van der Waals surface area contributed by atoms with E-state index in [4.69, 9.17) is 11.6 Å². The molecule has 0 bridgehead atoms. The molecule has 0 aromatic carbocycles. The molecular weight excluding hydrogens is 163 g/mol. The minimum atomic E-state index is 0. The third-order valence-electron chi connectivity index (χ3n) is 0.691. The summed E-state index contributed by atoms with van der Waals surface area (Å²) in [6.45, 7) is 2.47. The van der Waals surface area contributed by atoms with Crippen LogP contribution in [0.25, 0.3) is 0 Å². The second kappa shape index (κ2) is 11.3. The maximum Gasteiger partial charge on any atom is 0.0693 e. The fourth-order valence-electron chi connectivity index (χ4n) is 0.254. The number of hydrogen-bond acceptors (Lipinski definition) is 3. The van der Waals surface area contributed by atoms with Gasteiger partial charge in [-0.05, 0) is 13.3 Å². The first-order valence-corrected chi connectivity index (χ1v) is 2.34. The van der Waals surface area contributed by atoms with E-state index in [0.717, 1.165) is 6.42 Å². The molecule has 0 unspecified atom stereocenters. The molecule has 9 heavy (non-hydrogen) atoms. The molecule has 0 aliphatic carbocycles. The van der Waals surface area contributed by atoms with Gasteiger partial charge in [-0.2, -0.15) is 0 Å². The third-order valence-corrected chi connectivity index (χ3v) is 0.691. The van der Waals surface area contributed by atoms with Gasteiger partial charge in [0.1, 0.15) is 0 Å². The second-order valence-corrected chi connectivity index (χ2v) is 1.64. The lowest BCUT2D eigenvalue weighted by atomic mass is 10.3. The summed E-state index contributed by atoms with van der Waals surface area (Å²) in [5.41, 5.74) is 5.34. The molecule has 0 aromatic rings. The Labute approximate surface area is 67.9 Å². The summed E-state index contributed by atoms with van der Waals surface area (Å²) in [4.78, 5) is 4.27. The van der Waals surface area contributed by atoms with Crippen LogP contribution in [0.2, 0.25) is 0 Å². The van der Waals surface area contributed by atoms with Crippen LogP contribution in [-0.4, -0.2) is 12.6 Å². The van der Waals surface area contributed by atoms with Crippen molar-refractivity contribution >= 4 is 24.8 Å². The van der Waals surface area contributed by atoms with Crippen LogP contribution in [0.15, 0.2) is 0 Å². The van der Waals surface area contributed by atoms with Crippen LogP contribution in [0.4, 0.5) is 0 Å². The Morgan fingerprint density at radius 2 is 1.89 bits per heavy atom. The van der Waals surface area contributed by atoms with Crippen LogP contribution in [-0.2, 0) is 4.84 Å². The highest BCUT2D eigenvalue weighted by atomic mass is 35.5. The van der Waals surface area contributed by atoms with E-state index in [9.17, 15) is 0 Å². The van der Waals surface area contributed by atoms with Gasteiger partial charge in [0.25, 0.3) is 0 Å². The molecule has 60 valence electrons. The molecule has 0 aliphatic heterocycles. The summed E-state index contributed by atoms with van der Waals surface area (Å²) in [7, 11) is 0. The molecule has 1 atom stereocenters. The van der Waals surface area contributed by atoms with Gasteiger partial charge in [-0.3, -0.25) is 0 Å². The molecule has 0 spiro atoms. The molecule has 3 nitrogen and oxygen atoms in total. The van der Waals surface area contributed by atoms with Gasteiger partial charge in [-0.1, -0.05) is 0 Å². The Balaban J connectivity index is -0.000000180. The maximum atomic E-state index is 5.34. The molecule has 0 rings (SSSR count). The Morgan fingerprint density at radius 1 is 1.44 bits per heavy atom. The molecule has 0 aromatic heterocycles. The molecule has 0 fully saturated rings. The first-order chi connectivity index (χ1) is 3.27. The fourth-order valence-corrected chi connectivity index (χ4v) is 0.254. The molecule has 0 aliphatic rings. The molecule has 0 saturated carbocycles. The van der Waals surface area contributed by atoms with Crippen LogP contribution in [0, 0.1) is 0 Å². The predicted octanol–water partition coefficient (Wildman–Crippen LogP) is 0.458. The van der Waals surface area contributed by atoms with Crippen molar-refractivity contribution in [1.29, 1.82) is 0 Å². The average molecular weight is 177 g/mol. The van der Waals surface area contributed by atoms with Crippen molar-refractivity contribution in [2.45, 2.75) is 19.4 Å². The van der Waals surface area contributed by atoms with E-state index >= 15 is 0 Å². The first-order valence-electron chi connectivity index (χ1n) is 2.34. The summed E-state index contributed by atoms with van der Waals surface area (Å²) in [5, 5.41) is 0. The Kier molecular flexibility index (Phi) is 20.3. The molecule has 0 amide bonds. The second-order valence-electron chi connectivity index (χ2n) is 1.64. The monoisotopic (exact) mass is 176 g/mol. The molecular formula is C4H14Cl2N2O. The Hall–Kier alpha value is 0.460. The van der Waals surface area contributed by atoms with Gasteiger partial charge in [0.15, 0.2) is 0 Å². The number of nitrogens with two attached hydrogens (primary N) is 2. The predicted molar refractivity (Wildman–Crippen MR) is 42.9 cm³/mol. The van der Waals surface area contributed by atoms with Gasteiger partial charge in [0, 0.05) is 6.04 Å². The van der Waals surface area contributed by atoms with Crippen molar-refractivity contribution in [3.63, 3.8) is 0 Å². The van der Waals surface area contributed by atoms with Crippen LogP contribution >= 0.6 is 24.8 Å². The van der Waals surface area contributed by atoms with Gasteiger partial charge in [-0.15, -0.1) is 24.8 Å². The van der Waals surface area contributed by atoms with Crippen molar-refractivity contribution in [1.82, 2.24) is 0 Å². The number of halogens is 2. The van der Waals surface area contributed by atoms with Crippen LogP contribution in [0.3, 0.4) is 0 Å². The van der Waals surface area contributed by atoms with E-state index in [1.165, 1.54) is 0 Å². The maximum absolute atomic E-state index is 5.34. The number of rotatable bonds is 3. The zero-order valence-electron chi connectivity index (χ0n) is 5.37. The van der Waals surface area contributed by atoms with Gasteiger partial charge < -0.3 is 10.6 Å². The smallest absolute Gasteiger partial charge is 0.0693 e. The SMILES string of the molecule is C[C@@H](N)CCON.Cl.Cl. The van der Waals surface area contributed by atoms with E-state index in [1.54, 1.807) is 0 Å². The third kappa shape index (κ3) is 17.7. The van der Waals surface area contributed by atoms with E-state index in [0.29, 0.717) is 6.61 Å². The largest absolute Gasteiger partial charge is 0.328 e. The summed E-state index contributed by atoms with van der Waals surface area (Å²) < 4.78 is 0. The lowest BCUT2D eigenvalue weighted by Gasteiger charge is -1.99. The fraction of sp³-hybridized carbons (Fsp3) is 1.00. The van der Waals surface area contributed by atoms with E-state index < -0.39 is 0 Å². The lowest BCUT2D eigenvalue weighted by molar-refractivity contribution is 0.131. The molecule has 4 N–H and O–H groups in total. The van der Waals surface area contributed by atoms with Crippen molar-refractivity contribution in [2.24, 2.45) is 11.6 Å². The van der Waals surface area contributed by atoms with Crippen LogP contribution in [0.1, 0.15) is 13.3 Å². The average Bonchev–Trinajstić information content (AvgIpc) is 1.61. The summed E-state index contributed by atoms with van der Waals surface area (Å²) in [6, 6.07) is 0.198. The molecule has 5 heteroatoms. The zero-order valence-corrected chi connectivity index (χ0v) is 7.00. The minimum absolute atomic E-state index is 0.